The van der Waals surface area contributed by atoms with Crippen molar-refractivity contribution in [3.63, 3.8) is 0 Å². The minimum Gasteiger partial charge on any atom is -0.490 e. The number of aryl methyl sites for hydroxylation is 2. The van der Waals surface area contributed by atoms with Gasteiger partial charge < -0.3 is 15.2 Å². The molecule has 1 aromatic heterocycles. The van der Waals surface area contributed by atoms with E-state index in [2.05, 4.69) is 10.3 Å². The van der Waals surface area contributed by atoms with Crippen molar-refractivity contribution in [3.05, 3.63) is 80.1 Å². The van der Waals surface area contributed by atoms with Gasteiger partial charge in [-0.05, 0) is 76.3 Å². The number of ether oxygens (including phenoxy) is 1. The number of rotatable bonds is 9. The Bertz CT molecular complexity index is 1370. The maximum absolute atomic E-state index is 13.6. The van der Waals surface area contributed by atoms with Gasteiger partial charge in [0.2, 0.25) is 5.95 Å². The van der Waals surface area contributed by atoms with Crippen molar-refractivity contribution < 1.29 is 14.6 Å². The second kappa shape index (κ2) is 10.4. The number of hydrogen-bond donors (Lipinski definition) is 2. The van der Waals surface area contributed by atoms with Crippen LogP contribution < -0.4 is 21.4 Å². The number of carboxylic acid groups (broad SMARTS) is 1. The van der Waals surface area contributed by atoms with E-state index in [1.54, 1.807) is 0 Å². The van der Waals surface area contributed by atoms with Gasteiger partial charge in [-0.15, -0.1) is 0 Å². The summed E-state index contributed by atoms with van der Waals surface area (Å²) in [7, 11) is 0. The fraction of sp³-hybridized carbons (Fsp3) is 0.407. The summed E-state index contributed by atoms with van der Waals surface area (Å²) in [6, 6.07) is 12.4. The van der Waals surface area contributed by atoms with Crippen LogP contribution in [0, 0.1) is 19.8 Å². The highest BCUT2D eigenvalue weighted by Crippen LogP contribution is 2.29. The fourth-order valence-electron chi connectivity index (χ4n) is 4.06. The van der Waals surface area contributed by atoms with E-state index in [-0.39, 0.29) is 18.6 Å². The molecule has 0 radical (unpaired) electrons. The van der Waals surface area contributed by atoms with Crippen molar-refractivity contribution >= 4 is 17.6 Å². The number of aliphatic carboxylic acids is 1. The predicted molar refractivity (Wildman–Crippen MR) is 137 cm³/mol. The Kier molecular flexibility index (Phi) is 7.28. The molecule has 4 rings (SSSR count). The largest absolute Gasteiger partial charge is 0.490 e. The molecule has 2 N–H and O–H groups in total. The van der Waals surface area contributed by atoms with Crippen LogP contribution in [0.4, 0.5) is 11.6 Å². The van der Waals surface area contributed by atoms with Crippen LogP contribution >= 0.6 is 0 Å². The SMILES string of the molecule is Cc1ccc(Cn2c(Nc3ccc(OC4CCC4)c(C)c3)nc(=O)n([C@@H](C)[C@@H](C)C(=O)O)c2=O)cc1. The highest BCUT2D eigenvalue weighted by atomic mass is 16.5. The lowest BCUT2D eigenvalue weighted by atomic mass is 9.96. The number of nitrogens with one attached hydrogen (secondary N) is 1. The quantitative estimate of drug-likeness (QED) is 0.463. The van der Waals surface area contributed by atoms with Crippen LogP contribution in [-0.2, 0) is 11.3 Å². The standard InChI is InChI=1S/C27H32N4O5/c1-16-8-10-20(11-9-16)15-30-25(29-26(34)31(27(30)35)19(4)18(3)24(32)33)28-21-12-13-23(17(2)14-21)36-22-6-5-7-22/h8-14,18-19,22H,5-7,15H2,1-4H3,(H,32,33)(H,28,29,34)/t18-,19+/m1/s1. The van der Waals surface area contributed by atoms with Gasteiger partial charge in [0.25, 0.3) is 0 Å². The van der Waals surface area contributed by atoms with E-state index in [1.807, 2.05) is 56.3 Å². The summed E-state index contributed by atoms with van der Waals surface area (Å²) < 4.78 is 8.30. The molecule has 190 valence electrons. The molecule has 9 heteroatoms. The van der Waals surface area contributed by atoms with Crippen LogP contribution in [0.2, 0.25) is 0 Å². The van der Waals surface area contributed by atoms with Crippen molar-refractivity contribution in [1.29, 1.82) is 0 Å². The van der Waals surface area contributed by atoms with Crippen molar-refractivity contribution in [2.75, 3.05) is 5.32 Å². The lowest BCUT2D eigenvalue weighted by Crippen LogP contribution is -2.46. The zero-order valence-electron chi connectivity index (χ0n) is 21.0. The lowest BCUT2D eigenvalue weighted by Gasteiger charge is -2.27. The molecule has 0 unspecified atom stereocenters. The topological polar surface area (TPSA) is 115 Å². The van der Waals surface area contributed by atoms with Gasteiger partial charge in [-0.25, -0.2) is 14.2 Å². The average Bonchev–Trinajstić information content (AvgIpc) is 2.80. The third-order valence-corrected chi connectivity index (χ3v) is 6.86. The normalized spacial score (nSPS) is 15.1. The molecule has 2 aromatic carbocycles. The highest BCUT2D eigenvalue weighted by molar-refractivity contribution is 5.70. The lowest BCUT2D eigenvalue weighted by molar-refractivity contribution is -0.142. The maximum atomic E-state index is 13.6. The van der Waals surface area contributed by atoms with E-state index < -0.39 is 29.3 Å². The van der Waals surface area contributed by atoms with Crippen LogP contribution in [0.1, 0.15) is 55.8 Å². The summed E-state index contributed by atoms with van der Waals surface area (Å²) in [4.78, 5) is 42.2. The number of benzene rings is 2. The first-order chi connectivity index (χ1) is 17.1. The molecule has 3 aromatic rings. The number of anilines is 2. The van der Waals surface area contributed by atoms with E-state index in [4.69, 9.17) is 4.74 Å². The summed E-state index contributed by atoms with van der Waals surface area (Å²) in [5, 5.41) is 12.6. The Labute approximate surface area is 209 Å². The van der Waals surface area contributed by atoms with E-state index in [1.165, 1.54) is 24.8 Å². The summed E-state index contributed by atoms with van der Waals surface area (Å²) in [5.41, 5.74) is 2.08. The third-order valence-electron chi connectivity index (χ3n) is 6.86. The maximum Gasteiger partial charge on any atom is 0.355 e. The molecule has 0 aliphatic heterocycles. The molecular weight excluding hydrogens is 460 g/mol. The smallest absolute Gasteiger partial charge is 0.355 e. The predicted octanol–water partition coefficient (Wildman–Crippen LogP) is 4.03. The minimum absolute atomic E-state index is 0.0871. The summed E-state index contributed by atoms with van der Waals surface area (Å²) >= 11 is 0. The van der Waals surface area contributed by atoms with Gasteiger partial charge in [-0.2, -0.15) is 4.98 Å². The van der Waals surface area contributed by atoms with Gasteiger partial charge in [0.1, 0.15) is 5.75 Å². The van der Waals surface area contributed by atoms with Crippen LogP contribution in [0.5, 0.6) is 5.75 Å². The number of nitrogens with zero attached hydrogens (tertiary/aromatic N) is 3. The van der Waals surface area contributed by atoms with E-state index >= 15 is 0 Å². The first-order valence-electron chi connectivity index (χ1n) is 12.2. The molecule has 0 amide bonds. The average molecular weight is 493 g/mol. The molecule has 0 spiro atoms. The van der Waals surface area contributed by atoms with Crippen molar-refractivity contribution in [1.82, 2.24) is 14.1 Å². The fourth-order valence-corrected chi connectivity index (χ4v) is 4.06. The Balaban J connectivity index is 1.73. The molecule has 0 bridgehead atoms. The van der Waals surface area contributed by atoms with Gasteiger partial charge in [0, 0.05) is 5.69 Å². The van der Waals surface area contributed by atoms with Crippen LogP contribution in [-0.4, -0.2) is 31.3 Å². The second-order valence-electron chi connectivity index (χ2n) is 9.59. The molecule has 1 heterocycles. The zero-order valence-corrected chi connectivity index (χ0v) is 21.0. The molecule has 1 saturated carbocycles. The minimum atomic E-state index is -1.10. The molecule has 36 heavy (non-hydrogen) atoms. The molecule has 1 aliphatic rings. The Morgan fingerprint density at radius 1 is 1.14 bits per heavy atom. The molecular formula is C27H32N4O5. The van der Waals surface area contributed by atoms with E-state index in [0.717, 1.165) is 39.8 Å². The molecule has 1 aliphatic carbocycles. The number of carbonyl (C=O) groups is 1. The second-order valence-corrected chi connectivity index (χ2v) is 9.59. The Morgan fingerprint density at radius 3 is 2.42 bits per heavy atom. The van der Waals surface area contributed by atoms with Crippen LogP contribution in [0.3, 0.4) is 0 Å². The Hall–Kier alpha value is -3.88. The summed E-state index contributed by atoms with van der Waals surface area (Å²) in [5.74, 6) is -1.15. The van der Waals surface area contributed by atoms with Gasteiger partial charge in [0.15, 0.2) is 0 Å². The van der Waals surface area contributed by atoms with Gasteiger partial charge in [0.05, 0.1) is 24.6 Å². The van der Waals surface area contributed by atoms with Gasteiger partial charge in [-0.1, -0.05) is 29.8 Å². The number of carboxylic acids is 1. The van der Waals surface area contributed by atoms with Crippen molar-refractivity contribution in [3.8, 4) is 5.75 Å². The molecule has 1 fully saturated rings. The summed E-state index contributed by atoms with van der Waals surface area (Å²) in [6.45, 7) is 7.08. The molecule has 9 nitrogen and oxygen atoms in total. The van der Waals surface area contributed by atoms with Crippen LogP contribution in [0.25, 0.3) is 0 Å². The Morgan fingerprint density at radius 2 is 1.83 bits per heavy atom. The van der Waals surface area contributed by atoms with Crippen LogP contribution in [0.15, 0.2) is 52.1 Å². The number of hydrogen-bond acceptors (Lipinski definition) is 6. The van der Waals surface area contributed by atoms with Gasteiger partial charge >= 0.3 is 17.3 Å². The first-order valence-corrected chi connectivity index (χ1v) is 12.2. The third kappa shape index (κ3) is 5.35. The summed E-state index contributed by atoms with van der Waals surface area (Å²) in [6.07, 6.45) is 3.56. The molecule has 2 atom stereocenters. The first kappa shape index (κ1) is 25.2. The van der Waals surface area contributed by atoms with E-state index in [0.29, 0.717) is 5.69 Å². The zero-order chi connectivity index (χ0) is 26.0. The van der Waals surface area contributed by atoms with Crippen molar-refractivity contribution in [2.45, 2.75) is 65.6 Å². The monoisotopic (exact) mass is 492 g/mol. The van der Waals surface area contributed by atoms with E-state index in [9.17, 15) is 19.5 Å². The number of aromatic nitrogens is 3. The highest BCUT2D eigenvalue weighted by Gasteiger charge is 2.26. The molecule has 0 saturated heterocycles. The van der Waals surface area contributed by atoms with Gasteiger partial charge in [-0.3, -0.25) is 9.36 Å². The van der Waals surface area contributed by atoms with Crippen molar-refractivity contribution in [2.24, 2.45) is 5.92 Å².